The Morgan fingerprint density at radius 1 is 1.35 bits per heavy atom. The van der Waals surface area contributed by atoms with Gasteiger partial charge in [0.05, 0.1) is 0 Å². The van der Waals surface area contributed by atoms with E-state index in [9.17, 15) is 4.79 Å². The molecule has 3 nitrogen and oxygen atoms in total. The molecule has 108 valence electrons. The van der Waals surface area contributed by atoms with Crippen LogP contribution in [0.1, 0.15) is 31.7 Å². The molecule has 0 saturated carbocycles. The van der Waals surface area contributed by atoms with Gasteiger partial charge in [-0.3, -0.25) is 4.79 Å². The molecular formula is C16H21NO2S. The van der Waals surface area contributed by atoms with Crippen molar-refractivity contribution in [3.63, 3.8) is 0 Å². The molecule has 1 heterocycles. The summed E-state index contributed by atoms with van der Waals surface area (Å²) in [5, 5.41) is 15.7. The third-order valence-corrected chi connectivity index (χ3v) is 4.55. The van der Waals surface area contributed by atoms with E-state index >= 15 is 0 Å². The minimum atomic E-state index is -0.699. The molecule has 1 atom stereocenters. The molecular weight excluding hydrogens is 270 g/mol. The van der Waals surface area contributed by atoms with Gasteiger partial charge >= 0.3 is 5.97 Å². The van der Waals surface area contributed by atoms with E-state index in [-0.39, 0.29) is 6.42 Å². The summed E-state index contributed by atoms with van der Waals surface area (Å²) in [6.45, 7) is 3.94. The summed E-state index contributed by atoms with van der Waals surface area (Å²) in [6.07, 6.45) is 2.06. The highest BCUT2D eigenvalue weighted by Gasteiger charge is 2.06. The molecule has 0 radical (unpaired) electrons. The van der Waals surface area contributed by atoms with Crippen molar-refractivity contribution >= 4 is 27.4 Å². The van der Waals surface area contributed by atoms with Crippen LogP contribution in [-0.2, 0) is 11.3 Å². The van der Waals surface area contributed by atoms with Crippen LogP contribution in [0, 0.1) is 5.92 Å². The van der Waals surface area contributed by atoms with Gasteiger partial charge in [0.25, 0.3) is 0 Å². The molecule has 1 aromatic heterocycles. The maximum absolute atomic E-state index is 10.5. The third-order valence-electron chi connectivity index (χ3n) is 3.54. The van der Waals surface area contributed by atoms with Crippen molar-refractivity contribution in [3.05, 3.63) is 35.2 Å². The van der Waals surface area contributed by atoms with Gasteiger partial charge < -0.3 is 10.4 Å². The normalized spacial score (nSPS) is 12.7. The van der Waals surface area contributed by atoms with E-state index in [1.807, 2.05) is 0 Å². The molecule has 4 heteroatoms. The van der Waals surface area contributed by atoms with Crippen LogP contribution in [0.25, 0.3) is 10.1 Å². The van der Waals surface area contributed by atoms with Gasteiger partial charge in [-0.15, -0.1) is 11.3 Å². The quantitative estimate of drug-likeness (QED) is 0.726. The van der Waals surface area contributed by atoms with Crippen molar-refractivity contribution in [1.82, 2.24) is 5.32 Å². The number of nitrogens with one attached hydrogen (secondary N) is 1. The molecule has 0 amide bonds. The van der Waals surface area contributed by atoms with Crippen molar-refractivity contribution in [3.8, 4) is 0 Å². The van der Waals surface area contributed by atoms with Crippen LogP contribution in [-0.4, -0.2) is 17.6 Å². The van der Waals surface area contributed by atoms with Gasteiger partial charge in [0.2, 0.25) is 0 Å². The van der Waals surface area contributed by atoms with E-state index in [4.69, 9.17) is 5.11 Å². The van der Waals surface area contributed by atoms with Crippen molar-refractivity contribution in [2.24, 2.45) is 5.92 Å². The Labute approximate surface area is 123 Å². The van der Waals surface area contributed by atoms with Crippen LogP contribution in [0.2, 0.25) is 0 Å². The summed E-state index contributed by atoms with van der Waals surface area (Å²) in [5.74, 6) is -0.243. The van der Waals surface area contributed by atoms with E-state index in [1.54, 1.807) is 11.3 Å². The Balaban J connectivity index is 1.72. The zero-order valence-electron chi connectivity index (χ0n) is 11.8. The average Bonchev–Trinajstić information content (AvgIpc) is 2.85. The lowest BCUT2D eigenvalue weighted by Gasteiger charge is -2.10. The molecule has 1 unspecified atom stereocenters. The number of benzene rings is 1. The van der Waals surface area contributed by atoms with Crippen LogP contribution in [0.3, 0.4) is 0 Å². The summed E-state index contributed by atoms with van der Waals surface area (Å²) in [6, 6.07) is 8.46. The Morgan fingerprint density at radius 3 is 2.95 bits per heavy atom. The second-order valence-corrected chi connectivity index (χ2v) is 6.17. The first-order valence-corrected chi connectivity index (χ1v) is 7.92. The third kappa shape index (κ3) is 4.32. The van der Waals surface area contributed by atoms with Gasteiger partial charge in [-0.2, -0.15) is 0 Å². The molecule has 0 aliphatic carbocycles. The van der Waals surface area contributed by atoms with Gasteiger partial charge in [0.1, 0.15) is 0 Å². The van der Waals surface area contributed by atoms with E-state index in [0.717, 1.165) is 25.9 Å². The number of rotatable bonds is 8. The lowest BCUT2D eigenvalue weighted by Crippen LogP contribution is -2.17. The minimum absolute atomic E-state index is 0.274. The Morgan fingerprint density at radius 2 is 2.15 bits per heavy atom. The average molecular weight is 291 g/mol. The lowest BCUT2D eigenvalue weighted by atomic mass is 10.0. The summed E-state index contributed by atoms with van der Waals surface area (Å²) in [5.41, 5.74) is 1.35. The Bertz CT molecular complexity index is 564. The maximum Gasteiger partial charge on any atom is 0.303 e. The smallest absolute Gasteiger partial charge is 0.303 e. The Kier molecular flexibility index (Phi) is 5.56. The lowest BCUT2D eigenvalue weighted by molar-refractivity contribution is -0.137. The summed E-state index contributed by atoms with van der Waals surface area (Å²) >= 11 is 1.78. The first-order valence-electron chi connectivity index (χ1n) is 7.04. The van der Waals surface area contributed by atoms with Crippen LogP contribution in [0.4, 0.5) is 0 Å². The molecule has 0 spiro atoms. The van der Waals surface area contributed by atoms with Crippen molar-refractivity contribution in [2.75, 3.05) is 6.54 Å². The largest absolute Gasteiger partial charge is 0.481 e. The topological polar surface area (TPSA) is 49.3 Å². The molecule has 20 heavy (non-hydrogen) atoms. The number of carbonyl (C=O) groups is 1. The summed E-state index contributed by atoms with van der Waals surface area (Å²) in [4.78, 5) is 10.5. The van der Waals surface area contributed by atoms with Crippen LogP contribution < -0.4 is 5.32 Å². The number of thiophene rings is 1. The zero-order valence-corrected chi connectivity index (χ0v) is 12.6. The van der Waals surface area contributed by atoms with E-state index in [2.05, 4.69) is 41.9 Å². The molecule has 2 aromatic rings. The SMILES string of the molecule is CC(CCNCc1csc2ccccc12)CCC(=O)O. The number of carboxylic acid groups (broad SMARTS) is 1. The minimum Gasteiger partial charge on any atom is -0.481 e. The molecule has 0 fully saturated rings. The predicted molar refractivity (Wildman–Crippen MR) is 84.2 cm³/mol. The number of carboxylic acids is 1. The van der Waals surface area contributed by atoms with Gasteiger partial charge in [-0.1, -0.05) is 25.1 Å². The van der Waals surface area contributed by atoms with Gasteiger partial charge in [0.15, 0.2) is 0 Å². The highest BCUT2D eigenvalue weighted by molar-refractivity contribution is 7.17. The van der Waals surface area contributed by atoms with E-state index in [0.29, 0.717) is 5.92 Å². The second kappa shape index (κ2) is 7.41. The molecule has 0 aliphatic rings. The molecule has 1 aromatic carbocycles. The van der Waals surface area contributed by atoms with Crippen molar-refractivity contribution in [2.45, 2.75) is 32.7 Å². The standard InChI is InChI=1S/C16H21NO2S/c1-12(6-7-16(18)19)8-9-17-10-13-11-20-15-5-3-2-4-14(13)15/h2-5,11-12,17H,6-10H2,1H3,(H,18,19). The van der Waals surface area contributed by atoms with Crippen LogP contribution in [0.5, 0.6) is 0 Å². The van der Waals surface area contributed by atoms with Crippen molar-refractivity contribution < 1.29 is 9.90 Å². The monoisotopic (exact) mass is 291 g/mol. The van der Waals surface area contributed by atoms with Gasteiger partial charge in [-0.25, -0.2) is 0 Å². The first-order chi connectivity index (χ1) is 9.66. The number of hydrogen-bond acceptors (Lipinski definition) is 3. The highest BCUT2D eigenvalue weighted by Crippen LogP contribution is 2.25. The van der Waals surface area contributed by atoms with Crippen LogP contribution in [0.15, 0.2) is 29.6 Å². The molecule has 0 saturated heterocycles. The van der Waals surface area contributed by atoms with Gasteiger partial charge in [-0.05, 0) is 47.7 Å². The predicted octanol–water partition coefficient (Wildman–Crippen LogP) is 3.88. The molecule has 2 N–H and O–H groups in total. The van der Waals surface area contributed by atoms with Crippen molar-refractivity contribution in [1.29, 1.82) is 0 Å². The summed E-state index contributed by atoms with van der Waals surface area (Å²) < 4.78 is 1.33. The number of hydrogen-bond donors (Lipinski definition) is 2. The first kappa shape index (κ1) is 15.0. The van der Waals surface area contributed by atoms with Gasteiger partial charge in [0, 0.05) is 17.7 Å². The fraction of sp³-hybridized carbons (Fsp3) is 0.438. The molecule has 2 rings (SSSR count). The molecule has 0 bridgehead atoms. The second-order valence-electron chi connectivity index (χ2n) is 5.26. The number of fused-ring (bicyclic) bond motifs is 1. The maximum atomic E-state index is 10.5. The fourth-order valence-corrected chi connectivity index (χ4v) is 3.22. The van der Waals surface area contributed by atoms with E-state index < -0.39 is 5.97 Å². The summed E-state index contributed by atoms with van der Waals surface area (Å²) in [7, 11) is 0. The van der Waals surface area contributed by atoms with Crippen LogP contribution >= 0.6 is 11.3 Å². The van der Waals surface area contributed by atoms with E-state index in [1.165, 1.54) is 15.6 Å². The zero-order chi connectivity index (χ0) is 14.4. The highest BCUT2D eigenvalue weighted by atomic mass is 32.1. The number of aliphatic carboxylic acids is 1. The Hall–Kier alpha value is -1.39. The molecule has 0 aliphatic heterocycles. The fourth-order valence-electron chi connectivity index (χ4n) is 2.26.